The Bertz CT molecular complexity index is 2100. The molecule has 0 bridgehead atoms. The Labute approximate surface area is 248 Å². The van der Waals surface area contributed by atoms with Gasteiger partial charge in [0.2, 0.25) is 5.82 Å². The Hall–Kier alpha value is -5.04. The molecular formula is C31H24F3N3O6S. The van der Waals surface area contributed by atoms with Gasteiger partial charge in [0.25, 0.3) is 0 Å². The van der Waals surface area contributed by atoms with Gasteiger partial charge in [-0.05, 0) is 43.7 Å². The number of nitrogens with one attached hydrogen (secondary N) is 2. The van der Waals surface area contributed by atoms with E-state index in [0.29, 0.717) is 30.0 Å². The number of benzene rings is 3. The second-order valence-electron chi connectivity index (χ2n) is 10.5. The lowest BCUT2D eigenvalue weighted by Gasteiger charge is -2.35. The van der Waals surface area contributed by atoms with Gasteiger partial charge in [-0.2, -0.15) is 4.39 Å². The van der Waals surface area contributed by atoms with Crippen molar-refractivity contribution in [3.8, 4) is 28.6 Å². The quantitative estimate of drug-likeness (QED) is 0.142. The highest BCUT2D eigenvalue weighted by Crippen LogP contribution is 2.45. The maximum absolute atomic E-state index is 15.2. The molecule has 2 aromatic heterocycles. The molecule has 44 heavy (non-hydrogen) atoms. The Morgan fingerprint density at radius 2 is 1.93 bits per heavy atom. The lowest BCUT2D eigenvalue weighted by Crippen LogP contribution is -2.31. The minimum Gasteiger partial charge on any atom is -0.493 e. The van der Waals surface area contributed by atoms with E-state index in [4.69, 9.17) is 14.6 Å². The summed E-state index contributed by atoms with van der Waals surface area (Å²) in [5.74, 6) is -5.03. The number of fused-ring (bicyclic) bond motifs is 2. The molecule has 0 saturated carbocycles. The predicted octanol–water partition coefficient (Wildman–Crippen LogP) is 6.36. The Morgan fingerprint density at radius 3 is 2.68 bits per heavy atom. The van der Waals surface area contributed by atoms with Crippen LogP contribution in [0, 0.1) is 17.5 Å². The third-order valence-corrected chi connectivity index (χ3v) is 8.78. The van der Waals surface area contributed by atoms with E-state index >= 15 is 8.78 Å². The molecule has 1 aliphatic rings. The van der Waals surface area contributed by atoms with E-state index in [1.165, 1.54) is 24.4 Å². The number of halogens is 3. The number of para-hydroxylation sites is 1. The van der Waals surface area contributed by atoms with Crippen LogP contribution in [0.15, 0.2) is 65.8 Å². The first-order chi connectivity index (χ1) is 20.9. The second kappa shape index (κ2) is 10.6. The maximum Gasteiger partial charge on any atom is 0.328 e. The molecule has 1 aliphatic heterocycles. The van der Waals surface area contributed by atoms with Crippen LogP contribution in [-0.4, -0.2) is 47.3 Å². The molecule has 3 aromatic carbocycles. The van der Waals surface area contributed by atoms with Crippen molar-refractivity contribution in [1.82, 2.24) is 15.0 Å². The summed E-state index contributed by atoms with van der Waals surface area (Å²) in [5.41, 5.74) is 0.804. The molecule has 0 spiro atoms. The number of rotatable bonds is 7. The molecule has 13 heteroatoms. The Kier molecular flexibility index (Phi) is 7.00. The largest absolute Gasteiger partial charge is 0.493 e. The number of carbonyl (C=O) groups is 1. The van der Waals surface area contributed by atoms with Crippen molar-refractivity contribution in [3.05, 3.63) is 95.2 Å². The molecular weight excluding hydrogens is 599 g/mol. The van der Waals surface area contributed by atoms with Crippen molar-refractivity contribution in [2.24, 2.45) is 0 Å². The molecule has 0 unspecified atom stereocenters. The van der Waals surface area contributed by atoms with Crippen molar-refractivity contribution in [3.63, 3.8) is 0 Å². The van der Waals surface area contributed by atoms with Crippen LogP contribution >= 0.6 is 0 Å². The number of aliphatic carboxylic acids is 1. The summed E-state index contributed by atoms with van der Waals surface area (Å²) in [6.45, 7) is 2.26. The lowest BCUT2D eigenvalue weighted by molar-refractivity contribution is -0.131. The van der Waals surface area contributed by atoms with Gasteiger partial charge in [0, 0.05) is 46.7 Å². The fraction of sp³-hybridized carbons (Fsp3) is 0.161. The van der Waals surface area contributed by atoms with Gasteiger partial charge in [0.05, 0.1) is 23.4 Å². The third-order valence-electron chi connectivity index (χ3n) is 7.63. The summed E-state index contributed by atoms with van der Waals surface area (Å²) < 4.78 is 81.8. The van der Waals surface area contributed by atoms with Gasteiger partial charge in [0.15, 0.2) is 21.4 Å². The molecule has 226 valence electrons. The standard InChI is InChI=1S/C31H24F3N3O6S/c1-31(11-13-42-27-16(6-9-23(38)39)4-3-5-20(27)31)22-15-36-30(37-22)19-14-17(7-8-21(19)32)43-28-25(34)24(33)26-18(10-12-35-26)29(28)44(2,40)41/h3-10,12,14-15,35H,11,13H2,1-2H3,(H,36,37)(H,38,39)/b9-6+/t31-/m0/s1. The van der Waals surface area contributed by atoms with Crippen LogP contribution in [0.4, 0.5) is 13.2 Å². The number of carboxylic acids is 1. The lowest BCUT2D eigenvalue weighted by atomic mass is 9.75. The van der Waals surface area contributed by atoms with Gasteiger partial charge in [0.1, 0.15) is 28.0 Å². The van der Waals surface area contributed by atoms with Crippen molar-refractivity contribution in [2.75, 3.05) is 12.9 Å². The minimum atomic E-state index is -4.10. The Morgan fingerprint density at radius 1 is 1.14 bits per heavy atom. The summed E-state index contributed by atoms with van der Waals surface area (Å²) in [4.78, 5) is 20.6. The van der Waals surface area contributed by atoms with Crippen molar-refractivity contribution in [2.45, 2.75) is 23.7 Å². The monoisotopic (exact) mass is 623 g/mol. The van der Waals surface area contributed by atoms with Gasteiger partial charge in [-0.25, -0.2) is 27.0 Å². The third kappa shape index (κ3) is 4.88. The van der Waals surface area contributed by atoms with Crippen molar-refractivity contribution < 1.29 is 41.0 Å². The fourth-order valence-electron chi connectivity index (χ4n) is 5.44. The maximum atomic E-state index is 15.2. The van der Waals surface area contributed by atoms with Crippen LogP contribution in [0.25, 0.3) is 28.4 Å². The first kappa shape index (κ1) is 29.1. The number of aromatic amines is 2. The topological polar surface area (TPSA) is 134 Å². The number of hydrogen-bond donors (Lipinski definition) is 3. The predicted molar refractivity (Wildman–Crippen MR) is 155 cm³/mol. The van der Waals surface area contributed by atoms with E-state index in [-0.39, 0.29) is 28.0 Å². The van der Waals surface area contributed by atoms with Gasteiger partial charge in [-0.3, -0.25) is 0 Å². The van der Waals surface area contributed by atoms with E-state index in [0.717, 1.165) is 30.0 Å². The normalized spacial score (nSPS) is 16.7. The summed E-state index contributed by atoms with van der Waals surface area (Å²) in [5, 5.41) is 8.97. The van der Waals surface area contributed by atoms with Crippen LogP contribution < -0.4 is 9.47 Å². The number of sulfone groups is 1. The molecule has 0 saturated heterocycles. The summed E-state index contributed by atoms with van der Waals surface area (Å²) >= 11 is 0. The van der Waals surface area contributed by atoms with Gasteiger partial charge >= 0.3 is 5.97 Å². The number of imidazole rings is 1. The average molecular weight is 624 g/mol. The second-order valence-corrected chi connectivity index (χ2v) is 12.5. The van der Waals surface area contributed by atoms with E-state index in [2.05, 4.69) is 15.0 Å². The zero-order valence-electron chi connectivity index (χ0n) is 23.2. The van der Waals surface area contributed by atoms with Crippen LogP contribution in [0.1, 0.15) is 30.2 Å². The zero-order chi connectivity index (χ0) is 31.4. The van der Waals surface area contributed by atoms with E-state index in [1.807, 2.05) is 13.0 Å². The molecule has 6 rings (SSSR count). The molecule has 0 aliphatic carbocycles. The van der Waals surface area contributed by atoms with E-state index in [9.17, 15) is 17.6 Å². The molecule has 0 amide bonds. The number of aromatic nitrogens is 3. The van der Waals surface area contributed by atoms with Crippen molar-refractivity contribution in [1.29, 1.82) is 0 Å². The fourth-order valence-corrected chi connectivity index (χ4v) is 6.48. The van der Waals surface area contributed by atoms with Crippen molar-refractivity contribution >= 4 is 32.8 Å². The molecule has 3 heterocycles. The average Bonchev–Trinajstić information content (AvgIpc) is 3.66. The van der Waals surface area contributed by atoms with E-state index in [1.54, 1.807) is 18.3 Å². The molecule has 9 nitrogen and oxygen atoms in total. The van der Waals surface area contributed by atoms with Gasteiger partial charge < -0.3 is 24.5 Å². The molecule has 0 fully saturated rings. The zero-order valence-corrected chi connectivity index (χ0v) is 24.1. The smallest absolute Gasteiger partial charge is 0.328 e. The molecule has 1 atom stereocenters. The van der Waals surface area contributed by atoms with Crippen LogP contribution in [0.3, 0.4) is 0 Å². The van der Waals surface area contributed by atoms with Crippen LogP contribution in [0.2, 0.25) is 0 Å². The molecule has 5 aromatic rings. The Balaban J connectivity index is 1.39. The first-order valence-corrected chi connectivity index (χ1v) is 15.2. The number of nitrogens with zero attached hydrogens (tertiary/aromatic N) is 1. The highest BCUT2D eigenvalue weighted by Gasteiger charge is 2.38. The van der Waals surface area contributed by atoms with Gasteiger partial charge in [-0.1, -0.05) is 18.2 Å². The first-order valence-electron chi connectivity index (χ1n) is 13.3. The minimum absolute atomic E-state index is 0.0627. The molecule has 3 N–H and O–H groups in total. The summed E-state index contributed by atoms with van der Waals surface area (Å²) in [6, 6.07) is 10.1. The van der Waals surface area contributed by atoms with E-state index < -0.39 is 49.3 Å². The van der Waals surface area contributed by atoms with Gasteiger partial charge in [-0.15, -0.1) is 0 Å². The number of H-pyrrole nitrogens is 2. The number of hydrogen-bond acceptors (Lipinski definition) is 6. The van der Waals surface area contributed by atoms with Crippen LogP contribution in [-0.2, 0) is 20.0 Å². The number of ether oxygens (including phenoxy) is 2. The summed E-state index contributed by atoms with van der Waals surface area (Å²) in [7, 11) is -4.10. The molecule has 0 radical (unpaired) electrons. The summed E-state index contributed by atoms with van der Waals surface area (Å²) in [6.07, 6.45) is 6.73. The highest BCUT2D eigenvalue weighted by molar-refractivity contribution is 7.91. The highest BCUT2D eigenvalue weighted by atomic mass is 32.2. The SMILES string of the molecule is C[C@]1(c2c[nH]c(-c3cc(Oc4c(F)c(F)c5[nH]ccc5c4S(C)(=O)=O)ccc3F)n2)CCOc2c(/C=C/C(=O)O)cccc21. The number of carboxylic acid groups (broad SMARTS) is 1. The van der Waals surface area contributed by atoms with Crippen LogP contribution in [0.5, 0.6) is 17.2 Å².